The van der Waals surface area contributed by atoms with Crippen molar-refractivity contribution in [2.75, 3.05) is 19.8 Å². The third kappa shape index (κ3) is 55.2. The molecule has 0 aromatic heterocycles. The van der Waals surface area contributed by atoms with E-state index in [1.54, 1.807) is 0 Å². The number of carbonyl (C=O) groups excluding carboxylic acids is 2. The maximum Gasteiger partial charge on any atom is 0.306 e. The summed E-state index contributed by atoms with van der Waals surface area (Å²) in [6, 6.07) is 0. The molecule has 392 valence electrons. The highest BCUT2D eigenvalue weighted by Gasteiger charge is 2.18. The Labute approximate surface area is 414 Å². The number of hydrogen-bond donors (Lipinski definition) is 0. The van der Waals surface area contributed by atoms with Crippen molar-refractivity contribution in [1.29, 1.82) is 0 Å². The van der Waals surface area contributed by atoms with Gasteiger partial charge in [0.2, 0.25) is 0 Å². The number of carbonyl (C=O) groups is 2. The first-order valence-electron chi connectivity index (χ1n) is 30.2. The second-order valence-electron chi connectivity index (χ2n) is 20.6. The van der Waals surface area contributed by atoms with E-state index in [1.807, 2.05) is 0 Å². The first-order valence-corrected chi connectivity index (χ1v) is 30.2. The van der Waals surface area contributed by atoms with Crippen LogP contribution in [0.25, 0.3) is 0 Å². The second-order valence-corrected chi connectivity index (χ2v) is 20.6. The first kappa shape index (κ1) is 64.6. The largest absolute Gasteiger partial charge is 0.462 e. The van der Waals surface area contributed by atoms with Gasteiger partial charge < -0.3 is 14.2 Å². The van der Waals surface area contributed by atoms with Crippen molar-refractivity contribution in [1.82, 2.24) is 0 Å². The van der Waals surface area contributed by atoms with E-state index in [9.17, 15) is 9.59 Å². The summed E-state index contributed by atoms with van der Waals surface area (Å²) >= 11 is 0. The zero-order valence-electron chi connectivity index (χ0n) is 45.2. The quantitative estimate of drug-likeness (QED) is 0.0345. The molecule has 0 amide bonds. The van der Waals surface area contributed by atoms with E-state index in [1.165, 1.54) is 276 Å². The summed E-state index contributed by atoms with van der Waals surface area (Å²) in [5.74, 6) is -0.371. The molecule has 0 fully saturated rings. The molecular weight excluding hydrogens is 813 g/mol. The lowest BCUT2D eigenvalue weighted by Crippen LogP contribution is -2.30. The van der Waals surface area contributed by atoms with Gasteiger partial charge in [-0.25, -0.2) is 0 Å². The van der Waals surface area contributed by atoms with Crippen LogP contribution in [0, 0.1) is 0 Å². The van der Waals surface area contributed by atoms with Crippen LogP contribution in [0.15, 0.2) is 12.2 Å². The van der Waals surface area contributed by atoms with Gasteiger partial charge in [0.25, 0.3) is 0 Å². The van der Waals surface area contributed by atoms with Gasteiger partial charge in [-0.3, -0.25) is 9.59 Å². The molecule has 0 aromatic rings. The van der Waals surface area contributed by atoms with Crippen molar-refractivity contribution in [2.45, 2.75) is 348 Å². The van der Waals surface area contributed by atoms with Crippen LogP contribution in [0.2, 0.25) is 0 Å². The lowest BCUT2D eigenvalue weighted by molar-refractivity contribution is -0.163. The Hall–Kier alpha value is -1.36. The molecular formula is C61H118O5. The summed E-state index contributed by atoms with van der Waals surface area (Å²) in [5, 5.41) is 0. The smallest absolute Gasteiger partial charge is 0.306 e. The Bertz CT molecular complexity index is 963. The number of unbranched alkanes of at least 4 members (excludes halogenated alkanes) is 44. The molecule has 0 rings (SSSR count). The van der Waals surface area contributed by atoms with E-state index in [2.05, 4.69) is 32.9 Å². The average Bonchev–Trinajstić information content (AvgIpc) is 3.32. The van der Waals surface area contributed by atoms with Gasteiger partial charge in [0.1, 0.15) is 6.61 Å². The van der Waals surface area contributed by atoms with Gasteiger partial charge in [-0.1, -0.05) is 296 Å². The topological polar surface area (TPSA) is 61.8 Å². The van der Waals surface area contributed by atoms with Gasteiger partial charge in [0.05, 0.1) is 6.61 Å². The van der Waals surface area contributed by atoms with Crippen LogP contribution in [-0.4, -0.2) is 37.9 Å². The number of allylic oxidation sites excluding steroid dienone is 2. The lowest BCUT2D eigenvalue weighted by Gasteiger charge is -2.18. The van der Waals surface area contributed by atoms with Gasteiger partial charge in [0.15, 0.2) is 6.10 Å². The van der Waals surface area contributed by atoms with E-state index in [4.69, 9.17) is 14.2 Å². The summed E-state index contributed by atoms with van der Waals surface area (Å²) in [7, 11) is 0. The Balaban J connectivity index is 4.15. The molecule has 0 aliphatic rings. The fourth-order valence-corrected chi connectivity index (χ4v) is 9.27. The number of hydrogen-bond acceptors (Lipinski definition) is 5. The minimum Gasteiger partial charge on any atom is -0.462 e. The summed E-state index contributed by atoms with van der Waals surface area (Å²) < 4.78 is 17.5. The van der Waals surface area contributed by atoms with Crippen molar-refractivity contribution in [3.05, 3.63) is 12.2 Å². The van der Waals surface area contributed by atoms with Crippen molar-refractivity contribution in [2.24, 2.45) is 0 Å². The fraction of sp³-hybridized carbons (Fsp3) is 0.934. The molecule has 0 N–H and O–H groups in total. The van der Waals surface area contributed by atoms with E-state index in [0.717, 1.165) is 32.1 Å². The van der Waals surface area contributed by atoms with Crippen LogP contribution in [0.4, 0.5) is 0 Å². The van der Waals surface area contributed by atoms with E-state index in [0.29, 0.717) is 26.1 Å². The minimum atomic E-state index is -0.528. The first-order chi connectivity index (χ1) is 32.6. The molecule has 0 heterocycles. The Morgan fingerprint density at radius 3 is 0.924 bits per heavy atom. The van der Waals surface area contributed by atoms with Crippen molar-refractivity contribution in [3.8, 4) is 0 Å². The van der Waals surface area contributed by atoms with Crippen LogP contribution < -0.4 is 0 Å². The molecule has 1 atom stereocenters. The monoisotopic (exact) mass is 931 g/mol. The predicted molar refractivity (Wildman–Crippen MR) is 289 cm³/mol. The summed E-state index contributed by atoms with van der Waals surface area (Å²) in [6.45, 7) is 7.91. The molecule has 0 spiro atoms. The van der Waals surface area contributed by atoms with Gasteiger partial charge >= 0.3 is 11.9 Å². The average molecular weight is 932 g/mol. The van der Waals surface area contributed by atoms with E-state index in [-0.39, 0.29) is 18.5 Å². The molecule has 0 bridgehead atoms. The molecule has 1 unspecified atom stereocenters. The molecule has 5 heteroatoms. The highest BCUT2D eigenvalue weighted by molar-refractivity contribution is 5.70. The van der Waals surface area contributed by atoms with Crippen LogP contribution in [0.3, 0.4) is 0 Å². The highest BCUT2D eigenvalue weighted by Crippen LogP contribution is 2.17. The standard InChI is InChI=1S/C61H118O5/c1-4-7-10-13-16-19-22-25-27-29-31-33-35-37-39-42-45-48-51-54-60(62)65-58-59(57-64-56-53-50-47-44-41-24-21-18-15-12-9-6-3)66-61(63)55-52-49-46-43-40-38-36-34-32-30-28-26-23-20-17-14-11-8-5-2/h25,27,59H,4-24,26,28-58H2,1-3H3/b27-25-. The highest BCUT2D eigenvalue weighted by atomic mass is 16.6. The van der Waals surface area contributed by atoms with Crippen molar-refractivity contribution in [3.63, 3.8) is 0 Å². The van der Waals surface area contributed by atoms with Crippen LogP contribution in [0.5, 0.6) is 0 Å². The number of rotatable bonds is 57. The van der Waals surface area contributed by atoms with Crippen LogP contribution >= 0.6 is 0 Å². The van der Waals surface area contributed by atoms with Gasteiger partial charge in [0, 0.05) is 19.4 Å². The lowest BCUT2D eigenvalue weighted by atomic mass is 10.0. The summed E-state index contributed by atoms with van der Waals surface area (Å²) in [4.78, 5) is 25.5. The van der Waals surface area contributed by atoms with Crippen molar-refractivity contribution >= 4 is 11.9 Å². The maximum absolute atomic E-state index is 12.9. The Morgan fingerprint density at radius 2 is 0.591 bits per heavy atom. The molecule has 5 nitrogen and oxygen atoms in total. The second kappa shape index (κ2) is 58.0. The molecule has 0 radical (unpaired) electrons. The van der Waals surface area contributed by atoms with Gasteiger partial charge in [-0.2, -0.15) is 0 Å². The van der Waals surface area contributed by atoms with Gasteiger partial charge in [-0.15, -0.1) is 0 Å². The molecule has 0 aliphatic carbocycles. The molecule has 66 heavy (non-hydrogen) atoms. The normalized spacial score (nSPS) is 12.1. The molecule has 0 aromatic carbocycles. The van der Waals surface area contributed by atoms with E-state index < -0.39 is 6.10 Å². The van der Waals surface area contributed by atoms with Gasteiger partial charge in [-0.05, 0) is 44.9 Å². The Kier molecular flexibility index (Phi) is 56.8. The molecule has 0 saturated carbocycles. The predicted octanol–water partition coefficient (Wildman–Crippen LogP) is 20.6. The van der Waals surface area contributed by atoms with E-state index >= 15 is 0 Å². The maximum atomic E-state index is 12.9. The third-order valence-electron chi connectivity index (χ3n) is 13.8. The van der Waals surface area contributed by atoms with Crippen LogP contribution in [-0.2, 0) is 23.8 Å². The fourth-order valence-electron chi connectivity index (χ4n) is 9.27. The van der Waals surface area contributed by atoms with Crippen molar-refractivity contribution < 1.29 is 23.8 Å². The SMILES string of the molecule is CCCCCCCC/C=C\CCCCCCCCCCCC(=O)OCC(COCCCCCCCCCCCCCC)OC(=O)CCCCCCCCCCCCCCCCCCCCC. The zero-order valence-corrected chi connectivity index (χ0v) is 45.2. The zero-order chi connectivity index (χ0) is 47.7. The Morgan fingerprint density at radius 1 is 0.318 bits per heavy atom. The number of ether oxygens (including phenoxy) is 3. The number of esters is 2. The summed E-state index contributed by atoms with van der Waals surface area (Å²) in [6.07, 6.45) is 68.1. The molecule has 0 aliphatic heterocycles. The minimum absolute atomic E-state index is 0.0944. The summed E-state index contributed by atoms with van der Waals surface area (Å²) in [5.41, 5.74) is 0. The third-order valence-corrected chi connectivity index (χ3v) is 13.8. The molecule has 0 saturated heterocycles. The van der Waals surface area contributed by atoms with Crippen LogP contribution in [0.1, 0.15) is 342 Å².